The number of carbonyl (C=O) groups is 1. The molecule has 1 heterocycles. The molecule has 2 N–H and O–H groups in total. The smallest absolute Gasteiger partial charge is 0.274 e. The molecular weight excluding hydrogens is 352 g/mol. The maximum atomic E-state index is 12.6. The summed E-state index contributed by atoms with van der Waals surface area (Å²) in [5.41, 5.74) is 3.04. The van der Waals surface area contributed by atoms with Crippen molar-refractivity contribution in [3.63, 3.8) is 0 Å². The van der Waals surface area contributed by atoms with E-state index in [1.54, 1.807) is 25.1 Å². The molecule has 3 rings (SSSR count). The van der Waals surface area contributed by atoms with Crippen molar-refractivity contribution < 1.29 is 9.53 Å². The van der Waals surface area contributed by atoms with E-state index in [0.29, 0.717) is 23.0 Å². The fourth-order valence-corrected chi connectivity index (χ4v) is 2.62. The molecule has 28 heavy (non-hydrogen) atoms. The molecule has 0 spiro atoms. The van der Waals surface area contributed by atoms with Gasteiger partial charge in [-0.25, -0.2) is 9.97 Å². The first-order chi connectivity index (χ1) is 13.4. The van der Waals surface area contributed by atoms with Crippen LogP contribution in [0.15, 0.2) is 54.6 Å². The molecule has 144 valence electrons. The number of rotatable bonds is 6. The fourth-order valence-electron chi connectivity index (χ4n) is 2.62. The number of carbonyl (C=O) groups excluding carboxylic acids is 1. The lowest BCUT2D eigenvalue weighted by Crippen LogP contribution is -2.15. The first-order valence-electron chi connectivity index (χ1n) is 9.16. The minimum absolute atomic E-state index is 0.101. The number of ether oxygens (including phenoxy) is 1. The molecule has 2 aromatic carbocycles. The van der Waals surface area contributed by atoms with Gasteiger partial charge in [-0.15, -0.1) is 0 Å². The number of hydrogen-bond donors (Lipinski definition) is 2. The lowest BCUT2D eigenvalue weighted by molar-refractivity contribution is 0.102. The highest BCUT2D eigenvalue weighted by atomic mass is 16.5. The Hall–Kier alpha value is -3.41. The molecule has 0 aliphatic rings. The summed E-state index contributed by atoms with van der Waals surface area (Å²) in [6.45, 7) is 7.72. The minimum Gasteiger partial charge on any atom is -0.491 e. The number of nitrogens with one attached hydrogen (secondary N) is 2. The molecule has 0 aliphatic heterocycles. The van der Waals surface area contributed by atoms with Crippen molar-refractivity contribution in [2.75, 3.05) is 10.6 Å². The molecule has 6 nitrogen and oxygen atoms in total. The maximum absolute atomic E-state index is 12.6. The van der Waals surface area contributed by atoms with Crippen LogP contribution in [0.4, 0.5) is 17.2 Å². The van der Waals surface area contributed by atoms with Crippen molar-refractivity contribution in [1.82, 2.24) is 9.97 Å². The van der Waals surface area contributed by atoms with E-state index in [4.69, 9.17) is 4.74 Å². The van der Waals surface area contributed by atoms with Gasteiger partial charge in [-0.2, -0.15) is 0 Å². The second kappa shape index (κ2) is 8.52. The third-order valence-electron chi connectivity index (χ3n) is 3.88. The Kier molecular flexibility index (Phi) is 5.89. The summed E-state index contributed by atoms with van der Waals surface area (Å²) in [5, 5.41) is 6.06. The van der Waals surface area contributed by atoms with Gasteiger partial charge in [0, 0.05) is 17.4 Å². The highest BCUT2D eigenvalue weighted by Crippen LogP contribution is 2.19. The van der Waals surface area contributed by atoms with Gasteiger partial charge in [-0.1, -0.05) is 17.7 Å². The number of aryl methyl sites for hydroxylation is 2. The summed E-state index contributed by atoms with van der Waals surface area (Å²) in [6, 6.07) is 16.8. The van der Waals surface area contributed by atoms with Crippen molar-refractivity contribution in [3.05, 3.63) is 71.7 Å². The van der Waals surface area contributed by atoms with Gasteiger partial charge in [0.1, 0.15) is 23.1 Å². The van der Waals surface area contributed by atoms with Crippen LogP contribution in [0.2, 0.25) is 0 Å². The largest absolute Gasteiger partial charge is 0.491 e. The predicted octanol–water partition coefficient (Wildman–Crippen LogP) is 4.88. The summed E-state index contributed by atoms with van der Waals surface area (Å²) in [6.07, 6.45) is 0.101. The van der Waals surface area contributed by atoms with Crippen LogP contribution in [-0.4, -0.2) is 22.0 Å². The van der Waals surface area contributed by atoms with Crippen LogP contribution < -0.4 is 15.4 Å². The summed E-state index contributed by atoms with van der Waals surface area (Å²) in [4.78, 5) is 21.2. The van der Waals surface area contributed by atoms with Gasteiger partial charge in [0.05, 0.1) is 6.10 Å². The lowest BCUT2D eigenvalue weighted by Gasteiger charge is -2.11. The van der Waals surface area contributed by atoms with Gasteiger partial charge in [-0.3, -0.25) is 4.79 Å². The Bertz CT molecular complexity index is 951. The van der Waals surface area contributed by atoms with Crippen LogP contribution in [-0.2, 0) is 0 Å². The number of anilines is 3. The number of amides is 1. The Balaban J connectivity index is 1.72. The first kappa shape index (κ1) is 19.4. The van der Waals surface area contributed by atoms with E-state index in [9.17, 15) is 4.79 Å². The number of nitrogens with zero attached hydrogens (tertiary/aromatic N) is 2. The third-order valence-corrected chi connectivity index (χ3v) is 3.88. The van der Waals surface area contributed by atoms with Crippen LogP contribution in [0.1, 0.15) is 35.7 Å². The van der Waals surface area contributed by atoms with E-state index in [1.165, 1.54) is 5.56 Å². The Morgan fingerprint density at radius 2 is 1.57 bits per heavy atom. The Morgan fingerprint density at radius 3 is 2.21 bits per heavy atom. The molecule has 0 atom stereocenters. The van der Waals surface area contributed by atoms with Gasteiger partial charge in [-0.05, 0) is 64.1 Å². The van der Waals surface area contributed by atoms with Gasteiger partial charge in [0.25, 0.3) is 5.91 Å². The van der Waals surface area contributed by atoms with Crippen LogP contribution in [0.3, 0.4) is 0 Å². The van der Waals surface area contributed by atoms with E-state index in [2.05, 4.69) is 20.6 Å². The van der Waals surface area contributed by atoms with E-state index < -0.39 is 0 Å². The van der Waals surface area contributed by atoms with Crippen molar-refractivity contribution in [2.24, 2.45) is 0 Å². The van der Waals surface area contributed by atoms with Crippen molar-refractivity contribution in [3.8, 4) is 5.75 Å². The monoisotopic (exact) mass is 376 g/mol. The summed E-state index contributed by atoms with van der Waals surface area (Å²) >= 11 is 0. The van der Waals surface area contributed by atoms with Gasteiger partial charge < -0.3 is 15.4 Å². The molecule has 0 radical (unpaired) electrons. The van der Waals surface area contributed by atoms with E-state index in [-0.39, 0.29) is 12.0 Å². The van der Waals surface area contributed by atoms with Gasteiger partial charge in [0.2, 0.25) is 0 Å². The maximum Gasteiger partial charge on any atom is 0.274 e. The van der Waals surface area contributed by atoms with E-state index in [0.717, 1.165) is 11.4 Å². The zero-order chi connectivity index (χ0) is 20.1. The fraction of sp³-hybridized carbons (Fsp3) is 0.227. The molecule has 0 aliphatic carbocycles. The first-order valence-corrected chi connectivity index (χ1v) is 9.16. The van der Waals surface area contributed by atoms with Crippen LogP contribution in [0.25, 0.3) is 0 Å². The van der Waals surface area contributed by atoms with Gasteiger partial charge in [0.15, 0.2) is 0 Å². The number of hydrogen-bond acceptors (Lipinski definition) is 5. The summed E-state index contributed by atoms with van der Waals surface area (Å²) < 4.78 is 5.61. The topological polar surface area (TPSA) is 76.1 Å². The van der Waals surface area contributed by atoms with Crippen LogP contribution in [0.5, 0.6) is 5.75 Å². The molecule has 0 unspecified atom stereocenters. The lowest BCUT2D eigenvalue weighted by atomic mass is 10.2. The third kappa shape index (κ3) is 5.30. The van der Waals surface area contributed by atoms with E-state index in [1.807, 2.05) is 57.2 Å². The Labute approximate surface area is 165 Å². The second-order valence-corrected chi connectivity index (χ2v) is 6.82. The molecule has 0 saturated carbocycles. The summed E-state index contributed by atoms with van der Waals surface area (Å²) in [5.74, 6) is 1.55. The van der Waals surface area contributed by atoms with Crippen molar-refractivity contribution >= 4 is 23.1 Å². The molecule has 1 aromatic heterocycles. The molecule has 6 heteroatoms. The zero-order valence-electron chi connectivity index (χ0n) is 16.5. The molecule has 0 fully saturated rings. The highest BCUT2D eigenvalue weighted by Gasteiger charge is 2.11. The van der Waals surface area contributed by atoms with Crippen LogP contribution >= 0.6 is 0 Å². The average molecular weight is 376 g/mol. The molecule has 3 aromatic rings. The minimum atomic E-state index is -0.296. The van der Waals surface area contributed by atoms with Crippen LogP contribution in [0, 0.1) is 13.8 Å². The number of aromatic nitrogens is 2. The molecular formula is C22H24N4O2. The van der Waals surface area contributed by atoms with E-state index >= 15 is 0 Å². The zero-order valence-corrected chi connectivity index (χ0v) is 16.5. The van der Waals surface area contributed by atoms with Crippen molar-refractivity contribution in [2.45, 2.75) is 33.8 Å². The average Bonchev–Trinajstić information content (AvgIpc) is 2.64. The molecule has 0 saturated heterocycles. The Morgan fingerprint density at radius 1 is 0.929 bits per heavy atom. The second-order valence-electron chi connectivity index (χ2n) is 6.82. The molecule has 0 bridgehead atoms. The quantitative estimate of drug-likeness (QED) is 0.641. The summed E-state index contributed by atoms with van der Waals surface area (Å²) in [7, 11) is 0. The standard InChI is InChI=1S/C22H24N4O2/c1-14(2)28-19-11-9-18(10-12-19)26-22(27)20-13-21(24-16(4)23-20)25-17-7-5-15(3)6-8-17/h5-14H,1-4H3,(H,26,27)(H,23,24,25). The highest BCUT2D eigenvalue weighted by molar-refractivity contribution is 6.03. The van der Waals surface area contributed by atoms with Gasteiger partial charge >= 0.3 is 0 Å². The number of benzene rings is 2. The van der Waals surface area contributed by atoms with Crippen molar-refractivity contribution in [1.29, 1.82) is 0 Å². The molecule has 1 amide bonds. The normalized spacial score (nSPS) is 10.6. The predicted molar refractivity (Wildman–Crippen MR) is 111 cm³/mol. The SMILES string of the molecule is Cc1ccc(Nc2cc(C(=O)Nc3ccc(OC(C)C)cc3)nc(C)n2)cc1.